The Labute approximate surface area is 175 Å². The third-order valence-corrected chi connectivity index (χ3v) is 4.38. The van der Waals surface area contributed by atoms with Crippen LogP contribution in [0.5, 0.6) is 0 Å². The fraction of sp³-hybridized carbons (Fsp3) is 0.0500. The SMILES string of the molecule is Bc1ccc(C(=O)Nc2ccc(-n3nc(-c4cccnc4)cc3C(F)(F)F)nn2)cc1. The lowest BCUT2D eigenvalue weighted by molar-refractivity contribution is -0.142. The van der Waals surface area contributed by atoms with Crippen LogP contribution in [0.3, 0.4) is 0 Å². The highest BCUT2D eigenvalue weighted by Crippen LogP contribution is 2.33. The number of alkyl halides is 3. The van der Waals surface area contributed by atoms with Crippen LogP contribution in [0, 0.1) is 0 Å². The highest BCUT2D eigenvalue weighted by Gasteiger charge is 2.37. The van der Waals surface area contributed by atoms with Gasteiger partial charge in [-0.25, -0.2) is 4.68 Å². The standard InChI is InChI=1S/C20H14BF3N6O/c21-14-5-3-12(4-6-14)19(31)26-17-7-8-18(28-27-17)30-16(20(22,23)24)10-15(29-30)13-2-1-9-25-11-13/h1-11H,21H2,(H,26,27,31). The fourth-order valence-electron chi connectivity index (χ4n) is 2.81. The zero-order valence-corrected chi connectivity index (χ0v) is 16.1. The molecule has 1 aromatic carbocycles. The van der Waals surface area contributed by atoms with Crippen molar-refractivity contribution in [2.75, 3.05) is 5.32 Å². The van der Waals surface area contributed by atoms with Crippen molar-refractivity contribution >= 4 is 25.0 Å². The largest absolute Gasteiger partial charge is 0.433 e. The first-order valence-electron chi connectivity index (χ1n) is 9.11. The van der Waals surface area contributed by atoms with Crippen LogP contribution in [0.2, 0.25) is 0 Å². The Morgan fingerprint density at radius 3 is 2.42 bits per heavy atom. The molecule has 0 spiro atoms. The number of rotatable bonds is 4. The van der Waals surface area contributed by atoms with Gasteiger partial charge in [-0.05, 0) is 30.3 Å². The lowest BCUT2D eigenvalue weighted by Gasteiger charge is -2.09. The van der Waals surface area contributed by atoms with Gasteiger partial charge in [0.25, 0.3) is 5.91 Å². The molecule has 31 heavy (non-hydrogen) atoms. The maximum Gasteiger partial charge on any atom is 0.433 e. The van der Waals surface area contributed by atoms with Gasteiger partial charge in [-0.15, -0.1) is 10.2 Å². The molecule has 11 heteroatoms. The molecule has 7 nitrogen and oxygen atoms in total. The minimum absolute atomic E-state index is 0.0963. The van der Waals surface area contributed by atoms with Gasteiger partial charge in [0.15, 0.2) is 17.3 Å². The molecule has 4 rings (SSSR count). The summed E-state index contributed by atoms with van der Waals surface area (Å²) in [5.41, 5.74) is 0.952. The number of carbonyl (C=O) groups excluding carboxylic acids is 1. The van der Waals surface area contributed by atoms with Crippen LogP contribution < -0.4 is 10.8 Å². The summed E-state index contributed by atoms with van der Waals surface area (Å²) < 4.78 is 41.3. The lowest BCUT2D eigenvalue weighted by atomic mass is 9.95. The number of amides is 1. The van der Waals surface area contributed by atoms with Crippen LogP contribution in [0.25, 0.3) is 17.1 Å². The molecule has 1 N–H and O–H groups in total. The molecule has 0 radical (unpaired) electrons. The van der Waals surface area contributed by atoms with Crippen molar-refractivity contribution in [3.05, 3.63) is 78.2 Å². The summed E-state index contributed by atoms with van der Waals surface area (Å²) in [4.78, 5) is 16.2. The van der Waals surface area contributed by atoms with Gasteiger partial charge >= 0.3 is 6.18 Å². The van der Waals surface area contributed by atoms with Crippen molar-refractivity contribution in [2.45, 2.75) is 6.18 Å². The molecule has 0 aliphatic rings. The number of nitrogens with zero attached hydrogens (tertiary/aromatic N) is 5. The maximum absolute atomic E-state index is 13.5. The zero-order chi connectivity index (χ0) is 22.0. The second-order valence-corrected chi connectivity index (χ2v) is 6.66. The van der Waals surface area contributed by atoms with Gasteiger partial charge in [-0.1, -0.05) is 29.7 Å². The van der Waals surface area contributed by atoms with E-state index in [0.717, 1.165) is 11.5 Å². The minimum atomic E-state index is -4.66. The molecule has 0 atom stereocenters. The van der Waals surface area contributed by atoms with Gasteiger partial charge in [-0.2, -0.15) is 18.3 Å². The fourth-order valence-corrected chi connectivity index (χ4v) is 2.81. The Balaban J connectivity index is 1.62. The first kappa shape index (κ1) is 20.3. The maximum atomic E-state index is 13.5. The molecule has 1 amide bonds. The van der Waals surface area contributed by atoms with Crippen molar-refractivity contribution in [1.82, 2.24) is 25.0 Å². The van der Waals surface area contributed by atoms with Crippen molar-refractivity contribution in [2.24, 2.45) is 0 Å². The van der Waals surface area contributed by atoms with E-state index in [0.29, 0.717) is 15.8 Å². The number of pyridine rings is 1. The van der Waals surface area contributed by atoms with Crippen LogP contribution >= 0.6 is 0 Å². The lowest BCUT2D eigenvalue weighted by Crippen LogP contribution is -2.16. The van der Waals surface area contributed by atoms with E-state index in [1.165, 1.54) is 24.5 Å². The third kappa shape index (κ3) is 4.45. The molecule has 3 heterocycles. The molecule has 0 saturated heterocycles. The van der Waals surface area contributed by atoms with E-state index in [-0.39, 0.29) is 17.3 Å². The smallest absolute Gasteiger partial charge is 0.305 e. The Kier molecular flexibility index (Phi) is 5.24. The van der Waals surface area contributed by atoms with Gasteiger partial charge in [0.1, 0.15) is 7.85 Å². The van der Waals surface area contributed by atoms with Crippen molar-refractivity contribution in [3.63, 3.8) is 0 Å². The van der Waals surface area contributed by atoms with E-state index < -0.39 is 17.8 Å². The first-order chi connectivity index (χ1) is 14.8. The summed E-state index contributed by atoms with van der Waals surface area (Å²) >= 11 is 0. The molecule has 0 saturated carbocycles. The van der Waals surface area contributed by atoms with Gasteiger partial charge in [0.05, 0.1) is 5.69 Å². The summed E-state index contributed by atoms with van der Waals surface area (Å²) in [5.74, 6) is -0.450. The van der Waals surface area contributed by atoms with E-state index in [1.807, 2.05) is 7.85 Å². The Hall–Kier alpha value is -4.02. The number of carbonyl (C=O) groups is 1. The number of hydrogen-bond acceptors (Lipinski definition) is 5. The normalized spacial score (nSPS) is 11.3. The van der Waals surface area contributed by atoms with Gasteiger partial charge in [0, 0.05) is 23.5 Å². The van der Waals surface area contributed by atoms with Gasteiger partial charge in [0.2, 0.25) is 0 Å². The quantitative estimate of drug-likeness (QED) is 0.510. The third-order valence-electron chi connectivity index (χ3n) is 4.38. The molecule has 0 aliphatic carbocycles. The van der Waals surface area contributed by atoms with E-state index in [2.05, 4.69) is 25.6 Å². The van der Waals surface area contributed by atoms with E-state index >= 15 is 0 Å². The van der Waals surface area contributed by atoms with E-state index in [4.69, 9.17) is 0 Å². The number of hydrogen-bond donors (Lipinski definition) is 1. The predicted octanol–water partition coefficient (Wildman–Crippen LogP) is 2.25. The van der Waals surface area contributed by atoms with Crippen LogP contribution in [-0.4, -0.2) is 38.7 Å². The number of anilines is 1. The summed E-state index contributed by atoms with van der Waals surface area (Å²) in [5, 5.41) is 14.2. The zero-order valence-electron chi connectivity index (χ0n) is 16.1. The first-order valence-corrected chi connectivity index (χ1v) is 9.11. The number of halogens is 3. The monoisotopic (exact) mass is 422 g/mol. The highest BCUT2D eigenvalue weighted by atomic mass is 19.4. The Morgan fingerprint density at radius 2 is 1.81 bits per heavy atom. The van der Waals surface area contributed by atoms with Crippen molar-refractivity contribution in [1.29, 1.82) is 0 Å². The molecule has 0 aliphatic heterocycles. The molecular formula is C20H14BF3N6O. The molecule has 3 aromatic heterocycles. The summed E-state index contributed by atoms with van der Waals surface area (Å²) in [6.45, 7) is 0. The summed E-state index contributed by atoms with van der Waals surface area (Å²) in [6, 6.07) is 13.7. The number of nitrogens with one attached hydrogen (secondary N) is 1. The van der Waals surface area contributed by atoms with Crippen LogP contribution in [0.4, 0.5) is 19.0 Å². The summed E-state index contributed by atoms with van der Waals surface area (Å²) in [6.07, 6.45) is -1.73. The van der Waals surface area contributed by atoms with Crippen LogP contribution in [0.15, 0.2) is 67.0 Å². The average Bonchev–Trinajstić information content (AvgIpc) is 3.21. The second kappa shape index (κ2) is 8.02. The van der Waals surface area contributed by atoms with Crippen molar-refractivity contribution < 1.29 is 18.0 Å². The molecular weight excluding hydrogens is 408 g/mol. The second-order valence-electron chi connectivity index (χ2n) is 6.66. The van der Waals surface area contributed by atoms with Crippen LogP contribution in [-0.2, 0) is 6.18 Å². The topological polar surface area (TPSA) is 85.6 Å². The van der Waals surface area contributed by atoms with Gasteiger partial charge < -0.3 is 5.32 Å². The molecule has 154 valence electrons. The molecule has 0 fully saturated rings. The van der Waals surface area contributed by atoms with Gasteiger partial charge in [-0.3, -0.25) is 9.78 Å². The molecule has 0 unspecified atom stereocenters. The number of aromatic nitrogens is 5. The highest BCUT2D eigenvalue weighted by molar-refractivity contribution is 6.32. The minimum Gasteiger partial charge on any atom is -0.305 e. The molecule has 0 bridgehead atoms. The molecule has 4 aromatic rings. The predicted molar refractivity (Wildman–Crippen MR) is 110 cm³/mol. The Morgan fingerprint density at radius 1 is 1.03 bits per heavy atom. The van der Waals surface area contributed by atoms with Crippen LogP contribution in [0.1, 0.15) is 16.1 Å². The Bertz CT molecular complexity index is 1210. The average molecular weight is 422 g/mol. The van der Waals surface area contributed by atoms with E-state index in [9.17, 15) is 18.0 Å². The van der Waals surface area contributed by atoms with Crippen molar-refractivity contribution in [3.8, 4) is 17.1 Å². The summed E-state index contributed by atoms with van der Waals surface area (Å²) in [7, 11) is 1.90. The number of benzene rings is 1. The van der Waals surface area contributed by atoms with E-state index in [1.54, 1.807) is 36.4 Å².